The Morgan fingerprint density at radius 3 is 3.15 bits per heavy atom. The third-order valence-electron chi connectivity index (χ3n) is 2.30. The van der Waals surface area contributed by atoms with Crippen LogP contribution in [0.5, 0.6) is 0 Å². The van der Waals surface area contributed by atoms with Crippen LogP contribution in [0.3, 0.4) is 0 Å². The van der Waals surface area contributed by atoms with Gasteiger partial charge in [-0.2, -0.15) is 0 Å². The number of carbonyl (C=O) groups is 1. The molecule has 1 saturated heterocycles. The largest absolute Gasteiger partial charge is 0.465 e. The normalized spacial score (nSPS) is 28.4. The van der Waals surface area contributed by atoms with E-state index in [9.17, 15) is 4.79 Å². The van der Waals surface area contributed by atoms with E-state index in [1.807, 2.05) is 0 Å². The van der Waals surface area contributed by atoms with Gasteiger partial charge in [-0.1, -0.05) is 0 Å². The molecule has 1 heterocycles. The monoisotopic (exact) mass is 188 g/mol. The van der Waals surface area contributed by atoms with Gasteiger partial charge >= 0.3 is 6.09 Å². The van der Waals surface area contributed by atoms with Gasteiger partial charge in [-0.3, -0.25) is 0 Å². The molecule has 0 radical (unpaired) electrons. The van der Waals surface area contributed by atoms with E-state index in [0.29, 0.717) is 6.61 Å². The Kier molecular flexibility index (Phi) is 3.98. The van der Waals surface area contributed by atoms with Crippen LogP contribution in [0.4, 0.5) is 4.79 Å². The van der Waals surface area contributed by atoms with Crippen molar-refractivity contribution in [2.45, 2.75) is 12.5 Å². The number of rotatable bonds is 3. The Hall–Kier alpha value is -0.810. The topological polar surface area (TPSA) is 70.6 Å². The molecule has 0 spiro atoms. The van der Waals surface area contributed by atoms with Crippen molar-refractivity contribution in [3.05, 3.63) is 0 Å². The summed E-state index contributed by atoms with van der Waals surface area (Å²) < 4.78 is 5.02. The molecule has 5 heteroatoms. The number of ether oxygens (including phenoxy) is 1. The van der Waals surface area contributed by atoms with E-state index in [1.54, 1.807) is 7.11 Å². The Labute approximate surface area is 77.5 Å². The molecule has 1 aliphatic rings. The van der Waals surface area contributed by atoms with Gasteiger partial charge in [-0.15, -0.1) is 0 Å². The molecule has 1 rings (SSSR count). The summed E-state index contributed by atoms with van der Waals surface area (Å²) in [6.45, 7) is 2.28. The van der Waals surface area contributed by atoms with E-state index in [2.05, 4.69) is 10.6 Å². The first-order chi connectivity index (χ1) is 6.24. The van der Waals surface area contributed by atoms with Gasteiger partial charge in [0, 0.05) is 25.6 Å². The zero-order valence-corrected chi connectivity index (χ0v) is 7.75. The molecule has 1 amide bonds. The van der Waals surface area contributed by atoms with Crippen molar-refractivity contribution in [2.75, 3.05) is 26.8 Å². The van der Waals surface area contributed by atoms with Crippen LogP contribution in [-0.2, 0) is 4.74 Å². The van der Waals surface area contributed by atoms with Gasteiger partial charge in [0.25, 0.3) is 0 Å². The predicted molar refractivity (Wildman–Crippen MR) is 47.8 cm³/mol. The number of carboxylic acid groups (broad SMARTS) is 1. The number of piperidine rings is 1. The molecule has 0 saturated carbocycles. The summed E-state index contributed by atoms with van der Waals surface area (Å²) in [6.07, 6.45) is -0.117. The first-order valence-electron chi connectivity index (χ1n) is 4.43. The van der Waals surface area contributed by atoms with E-state index in [-0.39, 0.29) is 12.0 Å². The summed E-state index contributed by atoms with van der Waals surface area (Å²) in [4.78, 5) is 10.4. The summed E-state index contributed by atoms with van der Waals surface area (Å²) in [5, 5.41) is 14.3. The Morgan fingerprint density at radius 1 is 1.77 bits per heavy atom. The average molecular weight is 188 g/mol. The second-order valence-corrected chi connectivity index (χ2v) is 3.26. The molecule has 2 atom stereocenters. The highest BCUT2D eigenvalue weighted by Gasteiger charge is 2.25. The fraction of sp³-hybridized carbons (Fsp3) is 0.875. The summed E-state index contributed by atoms with van der Waals surface area (Å²) in [6, 6.07) is 0.0266. The average Bonchev–Trinajstić information content (AvgIpc) is 2.08. The molecule has 5 nitrogen and oxygen atoms in total. The van der Waals surface area contributed by atoms with Gasteiger partial charge in [0.15, 0.2) is 0 Å². The van der Waals surface area contributed by atoms with Crippen LogP contribution in [0.1, 0.15) is 6.42 Å². The molecule has 1 aliphatic heterocycles. The van der Waals surface area contributed by atoms with Crippen molar-refractivity contribution in [1.82, 2.24) is 10.6 Å². The van der Waals surface area contributed by atoms with Crippen LogP contribution in [0.2, 0.25) is 0 Å². The van der Waals surface area contributed by atoms with E-state index in [0.717, 1.165) is 19.5 Å². The maximum atomic E-state index is 10.4. The third-order valence-corrected chi connectivity index (χ3v) is 2.30. The second-order valence-electron chi connectivity index (χ2n) is 3.26. The molecule has 13 heavy (non-hydrogen) atoms. The first kappa shape index (κ1) is 10.3. The summed E-state index contributed by atoms with van der Waals surface area (Å²) in [5.41, 5.74) is 0. The van der Waals surface area contributed by atoms with E-state index in [4.69, 9.17) is 9.84 Å². The van der Waals surface area contributed by atoms with Crippen LogP contribution in [0, 0.1) is 5.92 Å². The standard InChI is InChI=1S/C8H16N2O3/c1-13-5-6-4-9-3-2-7(6)10-8(11)12/h6-7,9-10H,2-5H2,1H3,(H,11,12)/t6-,7-/m1/s1. The van der Waals surface area contributed by atoms with Gasteiger partial charge in [-0.25, -0.2) is 4.79 Å². The fourth-order valence-corrected chi connectivity index (χ4v) is 1.66. The minimum absolute atomic E-state index is 0.0266. The highest BCUT2D eigenvalue weighted by atomic mass is 16.5. The quantitative estimate of drug-likeness (QED) is 0.577. The lowest BCUT2D eigenvalue weighted by Crippen LogP contribution is -2.50. The molecular formula is C8H16N2O3. The Balaban J connectivity index is 2.41. The molecule has 0 aliphatic carbocycles. The number of nitrogens with one attached hydrogen (secondary N) is 2. The van der Waals surface area contributed by atoms with E-state index < -0.39 is 6.09 Å². The molecule has 1 fully saturated rings. The molecule has 0 aromatic carbocycles. The van der Waals surface area contributed by atoms with Crippen molar-refractivity contribution in [2.24, 2.45) is 5.92 Å². The molecule has 0 unspecified atom stereocenters. The first-order valence-corrected chi connectivity index (χ1v) is 4.43. The SMILES string of the molecule is COC[C@H]1CNCC[C@H]1NC(=O)O. The van der Waals surface area contributed by atoms with Crippen molar-refractivity contribution >= 4 is 6.09 Å². The van der Waals surface area contributed by atoms with E-state index >= 15 is 0 Å². The van der Waals surface area contributed by atoms with Gasteiger partial charge in [0.2, 0.25) is 0 Å². The Bertz CT molecular complexity index is 173. The van der Waals surface area contributed by atoms with Crippen LogP contribution in [-0.4, -0.2) is 44.0 Å². The number of methoxy groups -OCH3 is 1. The lowest BCUT2D eigenvalue weighted by Gasteiger charge is -2.31. The molecule has 0 aromatic rings. The van der Waals surface area contributed by atoms with Crippen molar-refractivity contribution in [3.8, 4) is 0 Å². The summed E-state index contributed by atoms with van der Waals surface area (Å²) >= 11 is 0. The van der Waals surface area contributed by atoms with Gasteiger partial charge < -0.3 is 20.5 Å². The maximum Gasteiger partial charge on any atom is 0.404 e. The lowest BCUT2D eigenvalue weighted by molar-refractivity contribution is 0.112. The fourth-order valence-electron chi connectivity index (χ4n) is 1.66. The zero-order valence-electron chi connectivity index (χ0n) is 7.75. The molecule has 3 N–H and O–H groups in total. The second kappa shape index (κ2) is 5.04. The van der Waals surface area contributed by atoms with Crippen LogP contribution < -0.4 is 10.6 Å². The zero-order chi connectivity index (χ0) is 9.68. The number of hydrogen-bond donors (Lipinski definition) is 3. The summed E-state index contributed by atoms with van der Waals surface area (Å²) in [5.74, 6) is 0.245. The van der Waals surface area contributed by atoms with Gasteiger partial charge in [-0.05, 0) is 13.0 Å². The predicted octanol–water partition coefficient (Wildman–Crippen LogP) is -0.121. The molecule has 76 valence electrons. The lowest BCUT2D eigenvalue weighted by atomic mass is 9.94. The van der Waals surface area contributed by atoms with Crippen molar-refractivity contribution in [3.63, 3.8) is 0 Å². The van der Waals surface area contributed by atoms with Gasteiger partial charge in [0.1, 0.15) is 0 Å². The number of amides is 1. The summed E-state index contributed by atoms with van der Waals surface area (Å²) in [7, 11) is 1.63. The number of hydrogen-bond acceptors (Lipinski definition) is 3. The van der Waals surface area contributed by atoms with Crippen LogP contribution >= 0.6 is 0 Å². The highest BCUT2D eigenvalue weighted by Crippen LogP contribution is 2.11. The molecular weight excluding hydrogens is 172 g/mol. The minimum Gasteiger partial charge on any atom is -0.465 e. The highest BCUT2D eigenvalue weighted by molar-refractivity contribution is 5.64. The molecule has 0 bridgehead atoms. The van der Waals surface area contributed by atoms with Gasteiger partial charge in [0.05, 0.1) is 6.61 Å². The Morgan fingerprint density at radius 2 is 2.54 bits per heavy atom. The van der Waals surface area contributed by atoms with Crippen LogP contribution in [0.25, 0.3) is 0 Å². The minimum atomic E-state index is -0.951. The third kappa shape index (κ3) is 3.20. The smallest absolute Gasteiger partial charge is 0.404 e. The molecule has 0 aromatic heterocycles. The van der Waals surface area contributed by atoms with E-state index in [1.165, 1.54) is 0 Å². The van der Waals surface area contributed by atoms with Crippen molar-refractivity contribution in [1.29, 1.82) is 0 Å². The van der Waals surface area contributed by atoms with Crippen molar-refractivity contribution < 1.29 is 14.6 Å². The van der Waals surface area contributed by atoms with Crippen LogP contribution in [0.15, 0.2) is 0 Å². The maximum absolute atomic E-state index is 10.4.